The quantitative estimate of drug-likeness (QED) is 0.638. The zero-order chi connectivity index (χ0) is 17.6. The fraction of sp³-hybridized carbons (Fsp3) is 0.211. The first kappa shape index (κ1) is 15.8. The van der Waals surface area contributed by atoms with Crippen molar-refractivity contribution in [3.8, 4) is 0 Å². The number of rotatable bonds is 2. The van der Waals surface area contributed by atoms with Crippen LogP contribution in [0, 0.1) is 6.92 Å². The molecule has 0 aliphatic carbocycles. The molecule has 0 saturated carbocycles. The first-order valence-electron chi connectivity index (χ1n) is 8.01. The Morgan fingerprint density at radius 3 is 2.88 bits per heavy atom. The number of nitrogens with zero attached hydrogens (tertiary/aromatic N) is 3. The SMILES string of the molecule is CC(=O)N1N=C(c2ccco2)C[C@@H]1c1cc2cc(C)ccc2nc1Cl. The molecule has 3 heterocycles. The van der Waals surface area contributed by atoms with Gasteiger partial charge < -0.3 is 4.42 Å². The van der Waals surface area contributed by atoms with Crippen LogP contribution < -0.4 is 0 Å². The van der Waals surface area contributed by atoms with E-state index in [0.717, 1.165) is 27.7 Å². The Balaban J connectivity index is 1.79. The zero-order valence-electron chi connectivity index (χ0n) is 13.9. The van der Waals surface area contributed by atoms with Crippen LogP contribution in [0.1, 0.15) is 36.3 Å². The highest BCUT2D eigenvalue weighted by Crippen LogP contribution is 2.37. The standard InChI is InChI=1S/C19H16ClN3O2/c1-11-5-6-15-13(8-11)9-14(19(20)21-15)17-10-16(18-4-3-7-25-18)22-23(17)12(2)24/h3-9,17H,10H2,1-2H3/t17-/m1/s1. The summed E-state index contributed by atoms with van der Waals surface area (Å²) >= 11 is 6.44. The summed E-state index contributed by atoms with van der Waals surface area (Å²) in [5, 5.41) is 7.29. The van der Waals surface area contributed by atoms with Gasteiger partial charge in [-0.3, -0.25) is 4.79 Å². The lowest BCUT2D eigenvalue weighted by molar-refractivity contribution is -0.130. The van der Waals surface area contributed by atoms with Gasteiger partial charge in [0.25, 0.3) is 0 Å². The Morgan fingerprint density at radius 1 is 1.32 bits per heavy atom. The molecule has 1 amide bonds. The van der Waals surface area contributed by atoms with Crippen molar-refractivity contribution in [2.24, 2.45) is 5.10 Å². The van der Waals surface area contributed by atoms with Crippen molar-refractivity contribution in [2.75, 3.05) is 0 Å². The van der Waals surface area contributed by atoms with E-state index in [2.05, 4.69) is 16.2 Å². The number of benzene rings is 1. The van der Waals surface area contributed by atoms with Gasteiger partial charge in [0.2, 0.25) is 5.91 Å². The van der Waals surface area contributed by atoms with Gasteiger partial charge in [0.15, 0.2) is 0 Å². The van der Waals surface area contributed by atoms with Crippen molar-refractivity contribution < 1.29 is 9.21 Å². The lowest BCUT2D eigenvalue weighted by atomic mass is 10.00. The highest BCUT2D eigenvalue weighted by atomic mass is 35.5. The molecular formula is C19H16ClN3O2. The number of hydrazone groups is 1. The third-order valence-electron chi connectivity index (χ3n) is 4.35. The summed E-state index contributed by atoms with van der Waals surface area (Å²) in [5.41, 5.74) is 3.50. The molecule has 6 heteroatoms. The Bertz CT molecular complexity index is 995. The number of carbonyl (C=O) groups excluding carboxylic acids is 1. The van der Waals surface area contributed by atoms with Crippen LogP contribution in [0.5, 0.6) is 0 Å². The van der Waals surface area contributed by atoms with E-state index in [1.54, 1.807) is 12.3 Å². The van der Waals surface area contributed by atoms with Crippen molar-refractivity contribution in [3.05, 3.63) is 64.7 Å². The molecule has 3 aromatic rings. The topological polar surface area (TPSA) is 58.7 Å². The van der Waals surface area contributed by atoms with Gasteiger partial charge in [-0.05, 0) is 37.3 Å². The second-order valence-corrected chi connectivity index (χ2v) is 6.53. The molecule has 0 bridgehead atoms. The maximum atomic E-state index is 12.1. The molecule has 1 aliphatic rings. The van der Waals surface area contributed by atoms with Gasteiger partial charge in [0.1, 0.15) is 16.6 Å². The lowest BCUT2D eigenvalue weighted by Crippen LogP contribution is -2.24. The van der Waals surface area contributed by atoms with E-state index in [4.69, 9.17) is 16.0 Å². The van der Waals surface area contributed by atoms with Crippen LogP contribution >= 0.6 is 11.6 Å². The van der Waals surface area contributed by atoms with Crippen LogP contribution in [-0.2, 0) is 4.79 Å². The molecule has 0 spiro atoms. The minimum Gasteiger partial charge on any atom is -0.463 e. The Labute approximate surface area is 149 Å². The molecular weight excluding hydrogens is 338 g/mol. The number of carbonyl (C=O) groups is 1. The van der Waals surface area contributed by atoms with E-state index in [1.165, 1.54) is 11.9 Å². The second-order valence-electron chi connectivity index (χ2n) is 6.17. The molecule has 4 rings (SSSR count). The Hall–Kier alpha value is -2.66. The Morgan fingerprint density at radius 2 is 2.16 bits per heavy atom. The summed E-state index contributed by atoms with van der Waals surface area (Å²) < 4.78 is 5.43. The lowest BCUT2D eigenvalue weighted by Gasteiger charge is -2.21. The summed E-state index contributed by atoms with van der Waals surface area (Å²) in [5.74, 6) is 0.515. The van der Waals surface area contributed by atoms with Crippen molar-refractivity contribution in [2.45, 2.75) is 26.3 Å². The summed E-state index contributed by atoms with van der Waals surface area (Å²) in [7, 11) is 0. The average Bonchev–Trinajstić information content (AvgIpc) is 3.23. The molecule has 0 fully saturated rings. The number of halogens is 1. The number of hydrogen-bond acceptors (Lipinski definition) is 4. The van der Waals surface area contributed by atoms with Gasteiger partial charge >= 0.3 is 0 Å². The van der Waals surface area contributed by atoms with Crippen molar-refractivity contribution in [1.82, 2.24) is 9.99 Å². The van der Waals surface area contributed by atoms with Gasteiger partial charge in [-0.1, -0.05) is 23.2 Å². The minimum atomic E-state index is -0.289. The van der Waals surface area contributed by atoms with E-state index in [9.17, 15) is 4.79 Å². The summed E-state index contributed by atoms with van der Waals surface area (Å²) in [6, 6.07) is 11.4. The third-order valence-corrected chi connectivity index (χ3v) is 4.65. The number of aryl methyl sites for hydroxylation is 1. The number of fused-ring (bicyclic) bond motifs is 1. The molecule has 0 radical (unpaired) electrons. The molecule has 0 N–H and O–H groups in total. The number of furan rings is 1. The van der Waals surface area contributed by atoms with Crippen molar-refractivity contribution in [3.63, 3.8) is 0 Å². The maximum absolute atomic E-state index is 12.1. The van der Waals surface area contributed by atoms with Gasteiger partial charge in [-0.25, -0.2) is 9.99 Å². The predicted octanol–water partition coefficient (Wildman–Crippen LogP) is 4.49. The van der Waals surface area contributed by atoms with Gasteiger partial charge in [-0.2, -0.15) is 5.10 Å². The van der Waals surface area contributed by atoms with Crippen LogP contribution in [0.2, 0.25) is 5.15 Å². The molecule has 25 heavy (non-hydrogen) atoms. The van der Waals surface area contributed by atoms with Crippen LogP contribution in [-0.4, -0.2) is 21.6 Å². The van der Waals surface area contributed by atoms with Crippen LogP contribution in [0.3, 0.4) is 0 Å². The molecule has 1 aliphatic heterocycles. The van der Waals surface area contributed by atoms with E-state index in [1.807, 2.05) is 31.2 Å². The summed E-state index contributed by atoms with van der Waals surface area (Å²) in [4.78, 5) is 16.6. The normalized spacial score (nSPS) is 17.2. The predicted molar refractivity (Wildman–Crippen MR) is 96.6 cm³/mol. The molecule has 126 valence electrons. The highest BCUT2D eigenvalue weighted by molar-refractivity contribution is 6.30. The van der Waals surface area contributed by atoms with E-state index >= 15 is 0 Å². The maximum Gasteiger partial charge on any atom is 0.240 e. The van der Waals surface area contributed by atoms with Crippen LogP contribution in [0.15, 0.2) is 52.2 Å². The van der Waals surface area contributed by atoms with E-state index in [-0.39, 0.29) is 11.9 Å². The number of pyridine rings is 1. The molecule has 1 atom stereocenters. The van der Waals surface area contributed by atoms with E-state index < -0.39 is 0 Å². The highest BCUT2D eigenvalue weighted by Gasteiger charge is 2.34. The van der Waals surface area contributed by atoms with Crippen molar-refractivity contribution in [1.29, 1.82) is 0 Å². The first-order chi connectivity index (χ1) is 12.0. The molecule has 5 nitrogen and oxygen atoms in total. The zero-order valence-corrected chi connectivity index (χ0v) is 14.6. The minimum absolute atomic E-state index is 0.146. The molecule has 0 saturated heterocycles. The van der Waals surface area contributed by atoms with Gasteiger partial charge in [0.05, 0.1) is 17.8 Å². The first-order valence-corrected chi connectivity index (χ1v) is 8.38. The number of aromatic nitrogens is 1. The molecule has 0 unspecified atom stereocenters. The summed E-state index contributed by atoms with van der Waals surface area (Å²) in [6.45, 7) is 3.53. The number of amides is 1. The smallest absolute Gasteiger partial charge is 0.240 e. The van der Waals surface area contributed by atoms with Gasteiger partial charge in [0, 0.05) is 24.3 Å². The second kappa shape index (κ2) is 6.01. The monoisotopic (exact) mass is 353 g/mol. The molecule has 2 aromatic heterocycles. The fourth-order valence-electron chi connectivity index (χ4n) is 3.16. The Kier molecular flexibility index (Phi) is 3.81. The summed E-state index contributed by atoms with van der Waals surface area (Å²) in [6.07, 6.45) is 2.13. The van der Waals surface area contributed by atoms with E-state index in [0.29, 0.717) is 17.3 Å². The van der Waals surface area contributed by atoms with Crippen LogP contribution in [0.4, 0.5) is 0 Å². The molecule has 1 aromatic carbocycles. The van der Waals surface area contributed by atoms with Crippen LogP contribution in [0.25, 0.3) is 10.9 Å². The fourth-order valence-corrected chi connectivity index (χ4v) is 3.43. The average molecular weight is 354 g/mol. The number of hydrogen-bond donors (Lipinski definition) is 0. The third kappa shape index (κ3) is 2.81. The van der Waals surface area contributed by atoms with Gasteiger partial charge in [-0.15, -0.1) is 0 Å². The largest absolute Gasteiger partial charge is 0.463 e. The van der Waals surface area contributed by atoms with Crippen molar-refractivity contribution >= 4 is 34.1 Å².